The number of likely N-dealkylation sites (tertiary alicyclic amines) is 1. The van der Waals surface area contributed by atoms with Crippen LogP contribution in [0.2, 0.25) is 0 Å². The lowest BCUT2D eigenvalue weighted by Crippen LogP contribution is -2.39. The van der Waals surface area contributed by atoms with Gasteiger partial charge in [-0.05, 0) is 37.0 Å². The summed E-state index contributed by atoms with van der Waals surface area (Å²) in [6.45, 7) is 1.51. The van der Waals surface area contributed by atoms with E-state index in [0.29, 0.717) is 13.0 Å². The predicted molar refractivity (Wildman–Crippen MR) is 109 cm³/mol. The number of aromatic nitrogens is 4. The lowest BCUT2D eigenvalue weighted by Gasteiger charge is -2.32. The minimum atomic E-state index is 0.198. The van der Waals surface area contributed by atoms with Crippen LogP contribution >= 0.6 is 0 Å². The molecule has 0 saturated carbocycles. The summed E-state index contributed by atoms with van der Waals surface area (Å²) >= 11 is 0. The summed E-state index contributed by atoms with van der Waals surface area (Å²) < 4.78 is 7.03. The number of methoxy groups -OCH3 is 1. The number of piperidine rings is 1. The maximum atomic E-state index is 12.8. The number of ether oxygens (including phenoxy) is 1. The number of aryl methyl sites for hydroxylation is 1. The molecule has 1 aliphatic heterocycles. The van der Waals surface area contributed by atoms with E-state index in [4.69, 9.17) is 9.72 Å². The number of carbonyl (C=O) groups excluding carboxylic acids is 1. The molecule has 1 unspecified atom stereocenters. The highest BCUT2D eigenvalue weighted by atomic mass is 16.5. The van der Waals surface area contributed by atoms with Crippen molar-refractivity contribution < 1.29 is 9.53 Å². The van der Waals surface area contributed by atoms with E-state index in [1.807, 2.05) is 46.1 Å². The Morgan fingerprint density at radius 1 is 1.21 bits per heavy atom. The second kappa shape index (κ2) is 8.86. The normalized spacial score (nSPS) is 16.6. The van der Waals surface area contributed by atoms with Crippen molar-refractivity contribution in [3.05, 3.63) is 66.6 Å². The Bertz CT molecular complexity index is 940. The number of amides is 1. The smallest absolute Gasteiger partial charge is 0.222 e. The Morgan fingerprint density at radius 2 is 2.07 bits per heavy atom. The highest BCUT2D eigenvalue weighted by molar-refractivity contribution is 5.76. The molecule has 7 heteroatoms. The minimum absolute atomic E-state index is 0.198. The topological polar surface area (TPSA) is 73.1 Å². The Kier molecular flexibility index (Phi) is 5.84. The highest BCUT2D eigenvalue weighted by Crippen LogP contribution is 2.26. The first-order chi connectivity index (χ1) is 14.2. The van der Waals surface area contributed by atoms with Crippen molar-refractivity contribution in [2.45, 2.75) is 31.6 Å². The highest BCUT2D eigenvalue weighted by Gasteiger charge is 2.26. The molecule has 1 amide bonds. The van der Waals surface area contributed by atoms with Crippen LogP contribution in [0.1, 0.15) is 36.4 Å². The molecule has 0 radical (unpaired) electrons. The van der Waals surface area contributed by atoms with Gasteiger partial charge in [0.25, 0.3) is 0 Å². The molecule has 0 spiro atoms. The fourth-order valence-electron chi connectivity index (χ4n) is 3.73. The van der Waals surface area contributed by atoms with Gasteiger partial charge in [0.05, 0.1) is 19.0 Å². The molecule has 0 bridgehead atoms. The second-order valence-electron chi connectivity index (χ2n) is 7.30. The van der Waals surface area contributed by atoms with E-state index in [-0.39, 0.29) is 11.8 Å². The molecule has 1 aliphatic rings. The van der Waals surface area contributed by atoms with Crippen molar-refractivity contribution in [2.75, 3.05) is 20.2 Å². The first-order valence-corrected chi connectivity index (χ1v) is 9.94. The summed E-state index contributed by atoms with van der Waals surface area (Å²) in [7, 11) is 1.65. The van der Waals surface area contributed by atoms with Gasteiger partial charge in [-0.1, -0.05) is 12.1 Å². The van der Waals surface area contributed by atoms with Gasteiger partial charge in [-0.15, -0.1) is 0 Å². The molecule has 0 aliphatic carbocycles. The minimum Gasteiger partial charge on any atom is -0.497 e. The van der Waals surface area contributed by atoms with Crippen LogP contribution in [0.4, 0.5) is 0 Å². The second-order valence-corrected chi connectivity index (χ2v) is 7.30. The molecule has 1 aromatic carbocycles. The average molecular weight is 391 g/mol. The van der Waals surface area contributed by atoms with Gasteiger partial charge in [-0.2, -0.15) is 0 Å². The van der Waals surface area contributed by atoms with Crippen LogP contribution in [0.5, 0.6) is 5.75 Å². The zero-order valence-electron chi connectivity index (χ0n) is 16.6. The lowest BCUT2D eigenvalue weighted by atomic mass is 9.94. The average Bonchev–Trinajstić information content (AvgIpc) is 3.33. The summed E-state index contributed by atoms with van der Waals surface area (Å²) in [5, 5.41) is 0. The van der Waals surface area contributed by atoms with Crippen molar-refractivity contribution in [3.8, 4) is 11.6 Å². The van der Waals surface area contributed by atoms with Gasteiger partial charge < -0.3 is 9.64 Å². The number of rotatable bonds is 6. The van der Waals surface area contributed by atoms with Gasteiger partial charge in [0.1, 0.15) is 12.1 Å². The maximum absolute atomic E-state index is 12.8. The molecule has 7 nitrogen and oxygen atoms in total. The summed E-state index contributed by atoms with van der Waals surface area (Å²) in [6, 6.07) is 7.90. The van der Waals surface area contributed by atoms with Crippen LogP contribution in [0.15, 0.2) is 55.4 Å². The van der Waals surface area contributed by atoms with Gasteiger partial charge in [0, 0.05) is 44.0 Å². The number of carbonyl (C=O) groups is 1. The van der Waals surface area contributed by atoms with Gasteiger partial charge >= 0.3 is 0 Å². The monoisotopic (exact) mass is 391 g/mol. The molecule has 1 atom stereocenters. The fraction of sp³-hybridized carbons (Fsp3) is 0.364. The summed E-state index contributed by atoms with van der Waals surface area (Å²) in [4.78, 5) is 27.9. The van der Waals surface area contributed by atoms with Crippen LogP contribution in [-0.4, -0.2) is 50.5 Å². The molecule has 150 valence electrons. The molecule has 1 fully saturated rings. The van der Waals surface area contributed by atoms with Crippen molar-refractivity contribution in [1.29, 1.82) is 0 Å². The van der Waals surface area contributed by atoms with Gasteiger partial charge in [0.2, 0.25) is 5.91 Å². The van der Waals surface area contributed by atoms with E-state index in [1.54, 1.807) is 25.8 Å². The first-order valence-electron chi connectivity index (χ1n) is 9.94. The summed E-state index contributed by atoms with van der Waals surface area (Å²) in [6.07, 6.45) is 12.1. The molecule has 29 heavy (non-hydrogen) atoms. The lowest BCUT2D eigenvalue weighted by molar-refractivity contribution is -0.132. The molecule has 3 aromatic rings. The fourth-order valence-corrected chi connectivity index (χ4v) is 3.73. The number of hydrogen-bond acceptors (Lipinski definition) is 5. The number of benzene rings is 1. The zero-order chi connectivity index (χ0) is 20.1. The van der Waals surface area contributed by atoms with Crippen LogP contribution in [0.25, 0.3) is 5.82 Å². The maximum Gasteiger partial charge on any atom is 0.222 e. The third-order valence-electron chi connectivity index (χ3n) is 5.39. The first kappa shape index (κ1) is 19.1. The van der Waals surface area contributed by atoms with Crippen molar-refractivity contribution in [2.24, 2.45) is 0 Å². The van der Waals surface area contributed by atoms with Crippen molar-refractivity contribution in [3.63, 3.8) is 0 Å². The molecule has 0 N–H and O–H groups in total. The van der Waals surface area contributed by atoms with Gasteiger partial charge in [-0.25, -0.2) is 9.97 Å². The molecule has 2 aromatic heterocycles. The molecule has 3 heterocycles. The predicted octanol–water partition coefficient (Wildman–Crippen LogP) is 3.01. The molecular formula is C22H25N5O2. The summed E-state index contributed by atoms with van der Waals surface area (Å²) in [5.41, 5.74) is 2.08. The molecular weight excluding hydrogens is 366 g/mol. The quantitative estimate of drug-likeness (QED) is 0.646. The Balaban J connectivity index is 1.37. The van der Waals surface area contributed by atoms with Crippen LogP contribution in [-0.2, 0) is 11.2 Å². The Morgan fingerprint density at radius 3 is 2.83 bits per heavy atom. The molecule has 1 saturated heterocycles. The van der Waals surface area contributed by atoms with Gasteiger partial charge in [0.15, 0.2) is 5.82 Å². The largest absolute Gasteiger partial charge is 0.497 e. The van der Waals surface area contributed by atoms with E-state index in [0.717, 1.165) is 48.6 Å². The molecule has 4 rings (SSSR count). The van der Waals surface area contributed by atoms with E-state index in [9.17, 15) is 4.79 Å². The number of hydrogen-bond donors (Lipinski definition) is 0. The van der Waals surface area contributed by atoms with Crippen LogP contribution in [0, 0.1) is 0 Å². The van der Waals surface area contributed by atoms with E-state index in [2.05, 4.69) is 9.97 Å². The van der Waals surface area contributed by atoms with E-state index < -0.39 is 0 Å². The number of nitrogens with zero attached hydrogens (tertiary/aromatic N) is 5. The van der Waals surface area contributed by atoms with Gasteiger partial charge in [-0.3, -0.25) is 14.3 Å². The Labute approximate surface area is 170 Å². The van der Waals surface area contributed by atoms with Crippen molar-refractivity contribution in [1.82, 2.24) is 24.4 Å². The van der Waals surface area contributed by atoms with E-state index in [1.165, 1.54) is 0 Å². The third kappa shape index (κ3) is 4.62. The van der Waals surface area contributed by atoms with E-state index >= 15 is 0 Å². The van der Waals surface area contributed by atoms with Crippen molar-refractivity contribution >= 4 is 5.91 Å². The van der Waals surface area contributed by atoms with Crippen LogP contribution < -0.4 is 4.74 Å². The third-order valence-corrected chi connectivity index (χ3v) is 5.39. The van der Waals surface area contributed by atoms with Crippen LogP contribution in [0.3, 0.4) is 0 Å². The SMILES string of the molecule is COc1ccc(CCC(=O)N2CCCC(c3cncc(-n4ccnc4)n3)C2)cc1. The summed E-state index contributed by atoms with van der Waals surface area (Å²) in [5.74, 6) is 2.00. The standard InChI is InChI=1S/C22H25N5O2/c1-29-19-7-4-17(5-8-19)6-9-22(28)26-11-2-3-18(15-26)20-13-24-14-21(25-20)27-12-10-23-16-27/h4-5,7-8,10,12-14,16,18H,2-3,6,9,11,15H2,1H3. The number of imidazole rings is 1. The Hall–Kier alpha value is -3.22. The zero-order valence-corrected chi connectivity index (χ0v) is 16.6.